The molecule has 3 heteroatoms. The predicted octanol–water partition coefficient (Wildman–Crippen LogP) is 3.25. The molecule has 0 spiro atoms. The van der Waals surface area contributed by atoms with E-state index in [9.17, 15) is 4.79 Å². The van der Waals surface area contributed by atoms with Crippen LogP contribution in [0.5, 0.6) is 0 Å². The molecule has 1 aromatic carbocycles. The predicted molar refractivity (Wildman–Crippen MR) is 72.8 cm³/mol. The fraction of sp³-hybridized carbons (Fsp3) is 0.500. The average molecular weight is 296 g/mol. The lowest BCUT2D eigenvalue weighted by Crippen LogP contribution is -2.37. The Morgan fingerprint density at radius 1 is 1.41 bits per heavy atom. The Labute approximate surface area is 111 Å². The molecule has 1 fully saturated rings. The van der Waals surface area contributed by atoms with Crippen LogP contribution in [0.4, 0.5) is 0 Å². The summed E-state index contributed by atoms with van der Waals surface area (Å²) in [4.78, 5) is 14.0. The molecule has 0 radical (unpaired) electrons. The van der Waals surface area contributed by atoms with E-state index in [1.807, 2.05) is 36.2 Å². The number of amides is 1. The molecule has 0 heterocycles. The highest BCUT2D eigenvalue weighted by Gasteiger charge is 2.32. The van der Waals surface area contributed by atoms with Crippen molar-refractivity contribution < 1.29 is 4.79 Å². The molecule has 1 saturated carbocycles. The van der Waals surface area contributed by atoms with Gasteiger partial charge in [0, 0.05) is 17.6 Å². The molecule has 2 nitrogen and oxygen atoms in total. The molecule has 2 rings (SSSR count). The van der Waals surface area contributed by atoms with E-state index in [0.29, 0.717) is 12.5 Å². The standard InChI is InChI=1S/C14H18BrNO/c1-10(12-5-6-12)16(2)14(17)9-11-3-7-13(15)8-4-11/h3-4,7-8,10,12H,5-6,9H2,1-2H3. The van der Waals surface area contributed by atoms with Crippen LogP contribution in [0.25, 0.3) is 0 Å². The monoisotopic (exact) mass is 295 g/mol. The summed E-state index contributed by atoms with van der Waals surface area (Å²) < 4.78 is 1.05. The van der Waals surface area contributed by atoms with E-state index in [2.05, 4.69) is 22.9 Å². The molecule has 17 heavy (non-hydrogen) atoms. The number of benzene rings is 1. The van der Waals surface area contributed by atoms with Gasteiger partial charge in [0.1, 0.15) is 0 Å². The zero-order valence-corrected chi connectivity index (χ0v) is 11.9. The largest absolute Gasteiger partial charge is 0.342 e. The van der Waals surface area contributed by atoms with Crippen LogP contribution in [0.3, 0.4) is 0 Å². The van der Waals surface area contributed by atoms with Crippen molar-refractivity contribution in [2.24, 2.45) is 5.92 Å². The van der Waals surface area contributed by atoms with Crippen molar-refractivity contribution in [3.63, 3.8) is 0 Å². The molecule has 0 aromatic heterocycles. The number of carbonyl (C=O) groups is 1. The number of carbonyl (C=O) groups excluding carboxylic acids is 1. The van der Waals surface area contributed by atoms with Gasteiger partial charge in [-0.15, -0.1) is 0 Å². The Bertz CT molecular complexity index is 397. The van der Waals surface area contributed by atoms with E-state index in [1.165, 1.54) is 12.8 Å². The summed E-state index contributed by atoms with van der Waals surface area (Å²) in [6, 6.07) is 8.34. The quantitative estimate of drug-likeness (QED) is 0.835. The maximum Gasteiger partial charge on any atom is 0.226 e. The van der Waals surface area contributed by atoms with Crippen molar-refractivity contribution >= 4 is 21.8 Å². The molecule has 0 saturated heterocycles. The molecule has 1 aromatic rings. The highest BCUT2D eigenvalue weighted by molar-refractivity contribution is 9.10. The summed E-state index contributed by atoms with van der Waals surface area (Å²) in [6.07, 6.45) is 3.05. The van der Waals surface area contributed by atoms with Gasteiger partial charge in [-0.2, -0.15) is 0 Å². The van der Waals surface area contributed by atoms with Gasteiger partial charge in [0.05, 0.1) is 6.42 Å². The van der Waals surface area contributed by atoms with E-state index >= 15 is 0 Å². The van der Waals surface area contributed by atoms with E-state index in [1.54, 1.807) is 0 Å². The van der Waals surface area contributed by atoms with Crippen molar-refractivity contribution in [1.82, 2.24) is 4.90 Å². The third kappa shape index (κ3) is 3.32. The van der Waals surface area contributed by atoms with Crippen molar-refractivity contribution in [3.05, 3.63) is 34.3 Å². The highest BCUT2D eigenvalue weighted by atomic mass is 79.9. The maximum absolute atomic E-state index is 12.1. The topological polar surface area (TPSA) is 20.3 Å². The first-order valence-electron chi connectivity index (χ1n) is 6.08. The van der Waals surface area contributed by atoms with Gasteiger partial charge in [-0.1, -0.05) is 28.1 Å². The highest BCUT2D eigenvalue weighted by Crippen LogP contribution is 2.34. The Morgan fingerprint density at radius 2 is 2.00 bits per heavy atom. The molecule has 1 amide bonds. The van der Waals surface area contributed by atoms with Gasteiger partial charge >= 0.3 is 0 Å². The van der Waals surface area contributed by atoms with Crippen molar-refractivity contribution in [2.45, 2.75) is 32.2 Å². The molecule has 1 atom stereocenters. The van der Waals surface area contributed by atoms with Gasteiger partial charge in [0.15, 0.2) is 0 Å². The minimum Gasteiger partial charge on any atom is -0.342 e. The minimum atomic E-state index is 0.215. The summed E-state index contributed by atoms with van der Waals surface area (Å²) >= 11 is 3.40. The van der Waals surface area contributed by atoms with Crippen molar-refractivity contribution in [1.29, 1.82) is 0 Å². The average Bonchev–Trinajstić information content (AvgIpc) is 3.14. The number of likely N-dealkylation sites (N-methyl/N-ethyl adjacent to an activating group) is 1. The van der Waals surface area contributed by atoms with Crippen molar-refractivity contribution in [2.75, 3.05) is 7.05 Å². The van der Waals surface area contributed by atoms with Gasteiger partial charge in [-0.3, -0.25) is 4.79 Å². The number of nitrogens with zero attached hydrogens (tertiary/aromatic N) is 1. The van der Waals surface area contributed by atoms with Gasteiger partial charge in [-0.05, 0) is 43.4 Å². The van der Waals surface area contributed by atoms with Crippen LogP contribution in [-0.2, 0) is 11.2 Å². The van der Waals surface area contributed by atoms with E-state index in [0.717, 1.165) is 16.0 Å². The summed E-state index contributed by atoms with van der Waals surface area (Å²) in [6.45, 7) is 2.15. The minimum absolute atomic E-state index is 0.215. The molecular weight excluding hydrogens is 278 g/mol. The summed E-state index contributed by atoms with van der Waals surface area (Å²) in [7, 11) is 1.92. The van der Waals surface area contributed by atoms with E-state index in [-0.39, 0.29) is 5.91 Å². The van der Waals surface area contributed by atoms with Gasteiger partial charge in [0.2, 0.25) is 5.91 Å². The molecular formula is C14H18BrNO. The first-order chi connectivity index (χ1) is 8.08. The second-order valence-corrected chi connectivity index (χ2v) is 5.80. The van der Waals surface area contributed by atoms with Crippen LogP contribution in [0.2, 0.25) is 0 Å². The molecule has 1 unspecified atom stereocenters. The lowest BCUT2D eigenvalue weighted by atomic mass is 10.1. The third-order valence-corrected chi connectivity index (χ3v) is 4.11. The summed E-state index contributed by atoms with van der Waals surface area (Å²) in [5.74, 6) is 0.945. The number of hydrogen-bond acceptors (Lipinski definition) is 1. The summed E-state index contributed by atoms with van der Waals surface area (Å²) in [5.41, 5.74) is 1.08. The number of halogens is 1. The van der Waals surface area contributed by atoms with Gasteiger partial charge < -0.3 is 4.90 Å². The Balaban J connectivity index is 1.93. The fourth-order valence-corrected chi connectivity index (χ4v) is 2.29. The second-order valence-electron chi connectivity index (χ2n) is 4.89. The Morgan fingerprint density at radius 3 is 2.53 bits per heavy atom. The normalized spacial score (nSPS) is 16.6. The summed E-state index contributed by atoms with van der Waals surface area (Å²) in [5, 5.41) is 0. The van der Waals surface area contributed by atoms with Crippen LogP contribution in [0.1, 0.15) is 25.3 Å². The first-order valence-corrected chi connectivity index (χ1v) is 6.87. The van der Waals surface area contributed by atoms with E-state index < -0.39 is 0 Å². The first kappa shape index (κ1) is 12.6. The van der Waals surface area contributed by atoms with Gasteiger partial charge in [0.25, 0.3) is 0 Å². The maximum atomic E-state index is 12.1. The van der Waals surface area contributed by atoms with Crippen LogP contribution < -0.4 is 0 Å². The lowest BCUT2D eigenvalue weighted by Gasteiger charge is -2.25. The van der Waals surface area contributed by atoms with Crippen LogP contribution in [-0.4, -0.2) is 23.9 Å². The smallest absolute Gasteiger partial charge is 0.226 e. The lowest BCUT2D eigenvalue weighted by molar-refractivity contribution is -0.131. The SMILES string of the molecule is CC(C1CC1)N(C)C(=O)Cc1ccc(Br)cc1. The zero-order chi connectivity index (χ0) is 12.4. The number of rotatable bonds is 4. The van der Waals surface area contributed by atoms with Crippen LogP contribution in [0.15, 0.2) is 28.7 Å². The molecule has 0 N–H and O–H groups in total. The van der Waals surface area contributed by atoms with Crippen LogP contribution >= 0.6 is 15.9 Å². The Hall–Kier alpha value is -0.830. The van der Waals surface area contributed by atoms with Gasteiger partial charge in [-0.25, -0.2) is 0 Å². The molecule has 1 aliphatic rings. The fourth-order valence-electron chi connectivity index (χ4n) is 2.02. The Kier molecular flexibility index (Phi) is 3.87. The molecule has 0 aliphatic heterocycles. The second kappa shape index (κ2) is 5.21. The van der Waals surface area contributed by atoms with E-state index in [4.69, 9.17) is 0 Å². The molecule has 92 valence electrons. The molecule has 1 aliphatic carbocycles. The molecule has 0 bridgehead atoms. The zero-order valence-electron chi connectivity index (χ0n) is 10.3. The van der Waals surface area contributed by atoms with Crippen LogP contribution in [0, 0.1) is 5.92 Å². The third-order valence-electron chi connectivity index (χ3n) is 3.58. The number of hydrogen-bond donors (Lipinski definition) is 0. The van der Waals surface area contributed by atoms with Crippen molar-refractivity contribution in [3.8, 4) is 0 Å².